The van der Waals surface area contributed by atoms with Crippen LogP contribution in [0.15, 0.2) is 6.58 Å². The lowest BCUT2D eigenvalue weighted by Crippen LogP contribution is -2.23. The molecular formula is C3H5N2O. The van der Waals surface area contributed by atoms with Crippen molar-refractivity contribution < 1.29 is 4.79 Å². The molecule has 1 radical (unpaired) electrons. The number of rotatable bonds is 1. The van der Waals surface area contributed by atoms with Gasteiger partial charge in [0.2, 0.25) is 0 Å². The molecule has 0 aliphatic heterocycles. The quantitative estimate of drug-likeness (QED) is 0.418. The van der Waals surface area contributed by atoms with E-state index >= 15 is 0 Å². The molecule has 0 aromatic rings. The summed E-state index contributed by atoms with van der Waals surface area (Å²) in [7, 11) is 0. The van der Waals surface area contributed by atoms with Crippen LogP contribution in [0.1, 0.15) is 0 Å². The molecule has 2 amide bonds. The topological polar surface area (TPSA) is 55.1 Å². The third-order valence-electron chi connectivity index (χ3n) is 0.212. The van der Waals surface area contributed by atoms with E-state index in [4.69, 9.17) is 0 Å². The first-order valence-corrected chi connectivity index (χ1v) is 1.35. The molecule has 0 bridgehead atoms. The highest BCUT2D eigenvalue weighted by Gasteiger charge is 1.77. The van der Waals surface area contributed by atoms with Crippen molar-refractivity contribution in [3.63, 3.8) is 0 Å². The standard InChI is InChI=1S/C3H5N2O/c1-2-5-3(4)6/h1H2,(H3,4,5,6). The van der Waals surface area contributed by atoms with Crippen LogP contribution in [-0.4, -0.2) is 6.03 Å². The maximum atomic E-state index is 9.61. The Kier molecular flexibility index (Phi) is 1.89. The third-order valence-corrected chi connectivity index (χ3v) is 0.212. The second-order valence-electron chi connectivity index (χ2n) is 0.666. The zero-order valence-corrected chi connectivity index (χ0v) is 3.19. The van der Waals surface area contributed by atoms with Gasteiger partial charge in [-0.25, -0.2) is 4.79 Å². The Morgan fingerprint density at radius 2 is 2.50 bits per heavy atom. The first-order valence-electron chi connectivity index (χ1n) is 1.35. The zero-order chi connectivity index (χ0) is 4.99. The molecule has 3 nitrogen and oxygen atoms in total. The molecule has 3 heteroatoms. The van der Waals surface area contributed by atoms with Gasteiger partial charge in [0.25, 0.3) is 0 Å². The number of hydrogen-bond donors (Lipinski definition) is 2. The Balaban J connectivity index is 3.05. The number of hydrogen-bond acceptors (Lipinski definition) is 1. The predicted octanol–water partition coefficient (Wildman–Crippen LogP) is -0.399. The minimum atomic E-state index is -0.634. The molecule has 0 unspecified atom stereocenters. The molecule has 0 saturated carbocycles. The van der Waals surface area contributed by atoms with Crippen molar-refractivity contribution in [2.45, 2.75) is 0 Å². The lowest BCUT2D eigenvalue weighted by molar-refractivity contribution is 0.251. The number of nitrogens with one attached hydrogen (secondary N) is 1. The molecule has 0 heterocycles. The van der Waals surface area contributed by atoms with Crippen LogP contribution in [0.4, 0.5) is 4.79 Å². The van der Waals surface area contributed by atoms with E-state index in [2.05, 4.69) is 18.5 Å². The highest BCUT2D eigenvalue weighted by Crippen LogP contribution is 1.47. The van der Waals surface area contributed by atoms with Gasteiger partial charge >= 0.3 is 6.03 Å². The number of carbonyl (C=O) groups is 1. The van der Waals surface area contributed by atoms with E-state index in [-0.39, 0.29) is 0 Å². The van der Waals surface area contributed by atoms with Gasteiger partial charge in [-0.1, -0.05) is 6.58 Å². The third kappa shape index (κ3) is 3.01. The molecule has 33 valence electrons. The largest absolute Gasteiger partial charge is 0.351 e. The van der Waals surface area contributed by atoms with E-state index in [1.54, 1.807) is 0 Å². The summed E-state index contributed by atoms with van der Waals surface area (Å²) in [6, 6.07) is -0.634. The van der Waals surface area contributed by atoms with E-state index in [1.165, 1.54) is 0 Å². The van der Waals surface area contributed by atoms with Crippen LogP contribution in [-0.2, 0) is 0 Å². The molecule has 0 aromatic carbocycles. The summed E-state index contributed by atoms with van der Waals surface area (Å²) in [4.78, 5) is 9.61. The first kappa shape index (κ1) is 5.01. The smallest absolute Gasteiger partial charge is 0.316 e. The summed E-state index contributed by atoms with van der Waals surface area (Å²) in [5, 5.41) is 1.99. The van der Waals surface area contributed by atoms with Crippen LogP contribution in [0.25, 0.3) is 0 Å². The minimum Gasteiger partial charge on any atom is -0.351 e. The molecule has 0 atom stereocenters. The highest BCUT2D eigenvalue weighted by molar-refractivity contribution is 5.71. The van der Waals surface area contributed by atoms with Gasteiger partial charge < -0.3 is 11.1 Å². The SMILES string of the molecule is C=[C]NC(N)=O. The zero-order valence-electron chi connectivity index (χ0n) is 3.19. The van der Waals surface area contributed by atoms with Gasteiger partial charge in [-0.3, -0.25) is 0 Å². The summed E-state index contributed by atoms with van der Waals surface area (Å²) in [5.41, 5.74) is 4.55. The number of primary amides is 1. The average molecular weight is 85.1 g/mol. The predicted molar refractivity (Wildman–Crippen MR) is 21.6 cm³/mol. The van der Waals surface area contributed by atoms with Gasteiger partial charge in [-0.05, 0) is 0 Å². The maximum Gasteiger partial charge on any atom is 0.316 e. The maximum absolute atomic E-state index is 9.61. The Morgan fingerprint density at radius 3 is 2.50 bits per heavy atom. The Morgan fingerprint density at radius 1 is 2.00 bits per heavy atom. The van der Waals surface area contributed by atoms with Crippen LogP contribution >= 0.6 is 0 Å². The van der Waals surface area contributed by atoms with Crippen molar-refractivity contribution in [1.82, 2.24) is 5.32 Å². The molecule has 0 fully saturated rings. The van der Waals surface area contributed by atoms with Crippen molar-refractivity contribution in [3.8, 4) is 0 Å². The molecule has 3 N–H and O–H groups in total. The average Bonchev–Trinajstić information content (AvgIpc) is 1.35. The summed E-state index contributed by atoms with van der Waals surface area (Å²) < 4.78 is 0. The summed E-state index contributed by atoms with van der Waals surface area (Å²) in [6.07, 6.45) is 2.09. The first-order chi connectivity index (χ1) is 2.77. The fraction of sp³-hybridized carbons (Fsp3) is 0. The number of amides is 2. The number of carbonyl (C=O) groups excluding carboxylic acids is 1. The van der Waals surface area contributed by atoms with Crippen molar-refractivity contribution in [2.24, 2.45) is 5.73 Å². The molecule has 0 spiro atoms. The van der Waals surface area contributed by atoms with Crippen molar-refractivity contribution in [1.29, 1.82) is 0 Å². The van der Waals surface area contributed by atoms with E-state index in [1.807, 2.05) is 5.32 Å². The number of nitrogens with two attached hydrogens (primary N) is 1. The van der Waals surface area contributed by atoms with Gasteiger partial charge in [0.15, 0.2) is 0 Å². The highest BCUT2D eigenvalue weighted by atomic mass is 16.2. The van der Waals surface area contributed by atoms with E-state index < -0.39 is 6.03 Å². The fourth-order valence-corrected chi connectivity index (χ4v) is 0.0871. The molecule has 6 heavy (non-hydrogen) atoms. The molecule has 0 aliphatic rings. The van der Waals surface area contributed by atoms with Gasteiger partial charge in [-0.2, -0.15) is 0 Å². The molecule has 0 aromatic heterocycles. The van der Waals surface area contributed by atoms with Crippen LogP contribution in [0.5, 0.6) is 0 Å². The van der Waals surface area contributed by atoms with Gasteiger partial charge in [-0.15, -0.1) is 0 Å². The summed E-state index contributed by atoms with van der Waals surface area (Å²) >= 11 is 0. The lowest BCUT2D eigenvalue weighted by atomic mass is 10.9. The lowest BCUT2D eigenvalue weighted by Gasteiger charge is -1.82. The Labute approximate surface area is 35.8 Å². The summed E-state index contributed by atoms with van der Waals surface area (Å²) in [5.74, 6) is 0. The van der Waals surface area contributed by atoms with Crippen LogP contribution in [0.3, 0.4) is 0 Å². The van der Waals surface area contributed by atoms with Crippen molar-refractivity contribution >= 4 is 6.03 Å². The Bertz CT molecular complexity index is 69.2. The van der Waals surface area contributed by atoms with E-state index in [0.29, 0.717) is 0 Å². The van der Waals surface area contributed by atoms with Crippen LogP contribution in [0, 0.1) is 6.20 Å². The second kappa shape index (κ2) is 2.26. The second-order valence-corrected chi connectivity index (χ2v) is 0.666. The fourth-order valence-electron chi connectivity index (χ4n) is 0.0871. The van der Waals surface area contributed by atoms with Crippen LogP contribution < -0.4 is 11.1 Å². The van der Waals surface area contributed by atoms with Crippen LogP contribution in [0.2, 0.25) is 0 Å². The Hall–Kier alpha value is -0.990. The molecule has 0 aliphatic carbocycles. The minimum absolute atomic E-state index is 0.634. The van der Waals surface area contributed by atoms with Gasteiger partial charge in [0, 0.05) is 0 Å². The van der Waals surface area contributed by atoms with Crippen molar-refractivity contribution in [3.05, 3.63) is 12.8 Å². The van der Waals surface area contributed by atoms with Crippen molar-refractivity contribution in [2.75, 3.05) is 0 Å². The van der Waals surface area contributed by atoms with E-state index in [0.717, 1.165) is 0 Å². The summed E-state index contributed by atoms with van der Waals surface area (Å²) in [6.45, 7) is 3.06. The molecule has 0 rings (SSSR count). The monoisotopic (exact) mass is 85.0 g/mol. The normalized spacial score (nSPS) is 6.67. The number of urea groups is 1. The molecular weight excluding hydrogens is 80.0 g/mol. The van der Waals surface area contributed by atoms with E-state index in [9.17, 15) is 4.79 Å². The van der Waals surface area contributed by atoms with Gasteiger partial charge in [0.05, 0.1) is 6.20 Å². The van der Waals surface area contributed by atoms with Gasteiger partial charge in [0.1, 0.15) is 0 Å². The molecule has 0 saturated heterocycles.